The second-order valence-corrected chi connectivity index (χ2v) is 11.8. The van der Waals surface area contributed by atoms with Gasteiger partial charge < -0.3 is 4.57 Å². The van der Waals surface area contributed by atoms with Crippen LogP contribution in [0.5, 0.6) is 0 Å². The summed E-state index contributed by atoms with van der Waals surface area (Å²) in [4.78, 5) is 0. The van der Waals surface area contributed by atoms with Gasteiger partial charge in [-0.1, -0.05) is 107 Å². The molecule has 0 amide bonds. The molecule has 1 nitrogen and oxygen atoms in total. The van der Waals surface area contributed by atoms with Crippen LogP contribution in [0.4, 0.5) is 0 Å². The van der Waals surface area contributed by atoms with Gasteiger partial charge in [-0.05, 0) is 63.2 Å². The first-order valence-electron chi connectivity index (χ1n) is 13.3. The molecule has 2 aliphatic rings. The average Bonchev–Trinajstić information content (AvgIpc) is 3.45. The Morgan fingerprint density at radius 3 is 1.89 bits per heavy atom. The van der Waals surface area contributed by atoms with Gasteiger partial charge in [0, 0.05) is 27.2 Å². The summed E-state index contributed by atoms with van der Waals surface area (Å²) < 4.78 is 2.52. The van der Waals surface area contributed by atoms with Crippen LogP contribution in [-0.2, 0) is 10.8 Å². The zero-order chi connectivity index (χ0) is 25.1. The molecule has 37 heavy (non-hydrogen) atoms. The lowest BCUT2D eigenvalue weighted by Crippen LogP contribution is -2.15. The molecule has 0 spiro atoms. The molecule has 1 heterocycles. The van der Waals surface area contributed by atoms with E-state index in [2.05, 4.69) is 135 Å². The quantitative estimate of drug-likeness (QED) is 0.223. The van der Waals surface area contributed by atoms with Crippen LogP contribution >= 0.6 is 0 Å². The molecule has 0 fully saturated rings. The van der Waals surface area contributed by atoms with E-state index in [-0.39, 0.29) is 10.8 Å². The fourth-order valence-electron chi connectivity index (χ4n) is 7.34. The van der Waals surface area contributed by atoms with Crippen molar-refractivity contribution >= 4 is 21.8 Å². The van der Waals surface area contributed by atoms with Gasteiger partial charge >= 0.3 is 0 Å². The maximum absolute atomic E-state index is 2.52. The van der Waals surface area contributed by atoms with E-state index in [0.717, 1.165) is 0 Å². The van der Waals surface area contributed by atoms with Crippen LogP contribution in [0.15, 0.2) is 103 Å². The first kappa shape index (κ1) is 21.0. The minimum absolute atomic E-state index is 0.0136. The standard InChI is InChI=1S/C36H29N/c1-35(2)28-16-9-6-14-24(28)34-29(35)17-11-19-32(34)37-31-18-10-7-13-23(31)26-20-30-25(21-33(26)37)22-12-5-8-15-27(22)36(30,3)4/h5-21H,1-4H3. The summed E-state index contributed by atoms with van der Waals surface area (Å²) >= 11 is 0. The molecule has 6 aromatic rings. The Kier molecular flexibility index (Phi) is 3.87. The van der Waals surface area contributed by atoms with Gasteiger partial charge in [0.15, 0.2) is 0 Å². The molecule has 178 valence electrons. The molecule has 8 rings (SSSR count). The molecule has 0 saturated carbocycles. The van der Waals surface area contributed by atoms with E-state index in [1.54, 1.807) is 0 Å². The molecule has 0 radical (unpaired) electrons. The average molecular weight is 476 g/mol. The molecule has 0 aliphatic heterocycles. The Morgan fingerprint density at radius 1 is 0.459 bits per heavy atom. The number of nitrogens with zero attached hydrogens (tertiary/aromatic N) is 1. The van der Waals surface area contributed by atoms with Crippen molar-refractivity contribution in [2.24, 2.45) is 0 Å². The van der Waals surface area contributed by atoms with Crippen LogP contribution in [0.2, 0.25) is 0 Å². The molecule has 5 aromatic carbocycles. The van der Waals surface area contributed by atoms with Crippen molar-refractivity contribution in [2.75, 3.05) is 0 Å². The third kappa shape index (κ3) is 2.50. The van der Waals surface area contributed by atoms with Crippen LogP contribution < -0.4 is 0 Å². The van der Waals surface area contributed by atoms with Crippen molar-refractivity contribution in [2.45, 2.75) is 38.5 Å². The highest BCUT2D eigenvalue weighted by Gasteiger charge is 2.38. The lowest BCUT2D eigenvalue weighted by atomic mass is 9.82. The SMILES string of the molecule is CC1(C)c2ccccc2-c2cc3c(cc21)c1ccccc1n3-c1cccc2c1-c1ccccc1C2(C)C. The van der Waals surface area contributed by atoms with Gasteiger partial charge in [-0.15, -0.1) is 0 Å². The Hall–Kier alpha value is -4.10. The summed E-state index contributed by atoms with van der Waals surface area (Å²) in [5, 5.41) is 2.65. The summed E-state index contributed by atoms with van der Waals surface area (Å²) in [6, 6.07) is 38.6. The fourth-order valence-corrected chi connectivity index (χ4v) is 7.34. The summed E-state index contributed by atoms with van der Waals surface area (Å²) in [6.45, 7) is 9.45. The lowest BCUT2D eigenvalue weighted by Gasteiger charge is -2.22. The van der Waals surface area contributed by atoms with E-state index >= 15 is 0 Å². The van der Waals surface area contributed by atoms with Crippen molar-refractivity contribution in [3.05, 3.63) is 125 Å². The van der Waals surface area contributed by atoms with Crippen molar-refractivity contribution < 1.29 is 0 Å². The van der Waals surface area contributed by atoms with E-state index < -0.39 is 0 Å². The number of para-hydroxylation sites is 1. The molecule has 0 N–H and O–H groups in total. The molecule has 0 unspecified atom stereocenters. The van der Waals surface area contributed by atoms with Crippen molar-refractivity contribution in [1.29, 1.82) is 0 Å². The Bertz CT molecular complexity index is 1930. The highest BCUT2D eigenvalue weighted by Crippen LogP contribution is 2.53. The molecule has 0 bridgehead atoms. The maximum atomic E-state index is 2.52. The second kappa shape index (κ2) is 6.81. The summed E-state index contributed by atoms with van der Waals surface area (Å²) in [5.74, 6) is 0. The molecule has 1 aromatic heterocycles. The fraction of sp³-hybridized carbons (Fsp3) is 0.167. The van der Waals surface area contributed by atoms with Gasteiger partial charge in [0.1, 0.15) is 0 Å². The Morgan fingerprint density at radius 2 is 1.08 bits per heavy atom. The molecule has 1 heteroatoms. The number of hydrogen-bond donors (Lipinski definition) is 0. The number of benzene rings is 5. The molecule has 0 atom stereocenters. The Balaban J connectivity index is 1.53. The highest BCUT2D eigenvalue weighted by molar-refractivity contribution is 6.12. The van der Waals surface area contributed by atoms with Crippen LogP contribution in [-0.4, -0.2) is 4.57 Å². The second-order valence-electron chi connectivity index (χ2n) is 11.8. The number of rotatable bonds is 1. The minimum atomic E-state index is -0.0229. The van der Waals surface area contributed by atoms with Crippen molar-refractivity contribution in [3.63, 3.8) is 0 Å². The molecular formula is C36H29N. The lowest BCUT2D eigenvalue weighted by molar-refractivity contribution is 0.660. The van der Waals surface area contributed by atoms with Gasteiger partial charge in [0.25, 0.3) is 0 Å². The van der Waals surface area contributed by atoms with Crippen molar-refractivity contribution in [1.82, 2.24) is 4.57 Å². The van der Waals surface area contributed by atoms with Crippen LogP contribution in [0.25, 0.3) is 49.7 Å². The molecule has 0 saturated heterocycles. The van der Waals surface area contributed by atoms with Crippen LogP contribution in [0.1, 0.15) is 49.9 Å². The van der Waals surface area contributed by atoms with Crippen molar-refractivity contribution in [3.8, 4) is 27.9 Å². The van der Waals surface area contributed by atoms with Crippen LogP contribution in [0, 0.1) is 0 Å². The zero-order valence-corrected chi connectivity index (χ0v) is 21.8. The van der Waals surface area contributed by atoms with Gasteiger partial charge in [-0.3, -0.25) is 0 Å². The summed E-state index contributed by atoms with van der Waals surface area (Å²) in [6.07, 6.45) is 0. The van der Waals surface area contributed by atoms with Gasteiger partial charge in [-0.2, -0.15) is 0 Å². The monoisotopic (exact) mass is 475 g/mol. The number of aromatic nitrogens is 1. The maximum Gasteiger partial charge on any atom is 0.0547 e. The van der Waals surface area contributed by atoms with Crippen LogP contribution in [0.3, 0.4) is 0 Å². The Labute approximate surface area is 218 Å². The normalized spacial score (nSPS) is 16.0. The first-order valence-corrected chi connectivity index (χ1v) is 13.3. The topological polar surface area (TPSA) is 4.93 Å². The van der Waals surface area contributed by atoms with Gasteiger partial charge in [0.2, 0.25) is 0 Å². The predicted octanol–water partition coefficient (Wildman–Crippen LogP) is 9.40. The highest BCUT2D eigenvalue weighted by atomic mass is 15.0. The van der Waals surface area contributed by atoms with E-state index in [1.165, 1.54) is 72.0 Å². The number of fused-ring (bicyclic) bond motifs is 9. The smallest absolute Gasteiger partial charge is 0.0547 e. The summed E-state index contributed by atoms with van der Waals surface area (Å²) in [7, 11) is 0. The van der Waals surface area contributed by atoms with Gasteiger partial charge in [-0.25, -0.2) is 0 Å². The minimum Gasteiger partial charge on any atom is -0.309 e. The first-order chi connectivity index (χ1) is 17.9. The predicted molar refractivity (Wildman–Crippen MR) is 156 cm³/mol. The molecular weight excluding hydrogens is 446 g/mol. The third-order valence-corrected chi connectivity index (χ3v) is 9.20. The molecule has 2 aliphatic carbocycles. The van der Waals surface area contributed by atoms with E-state index in [4.69, 9.17) is 0 Å². The third-order valence-electron chi connectivity index (χ3n) is 9.20. The largest absolute Gasteiger partial charge is 0.309 e. The van der Waals surface area contributed by atoms with E-state index in [9.17, 15) is 0 Å². The summed E-state index contributed by atoms with van der Waals surface area (Å²) in [5.41, 5.74) is 14.9. The van der Waals surface area contributed by atoms with E-state index in [0.29, 0.717) is 0 Å². The number of hydrogen-bond acceptors (Lipinski definition) is 0. The van der Waals surface area contributed by atoms with E-state index in [1.807, 2.05) is 0 Å². The zero-order valence-electron chi connectivity index (χ0n) is 21.8. The van der Waals surface area contributed by atoms with Gasteiger partial charge in [0.05, 0.1) is 16.7 Å².